The number of benzene rings is 2. The van der Waals surface area contributed by atoms with E-state index in [4.69, 9.17) is 5.26 Å². The predicted octanol–water partition coefficient (Wildman–Crippen LogP) is 3.44. The van der Waals surface area contributed by atoms with Crippen LogP contribution in [0.4, 0.5) is 11.4 Å². The molecule has 0 amide bonds. The number of aromatic carboxylic acids is 1. The van der Waals surface area contributed by atoms with Crippen LogP contribution in [0.5, 0.6) is 0 Å². The van der Waals surface area contributed by atoms with Gasteiger partial charge in [0.15, 0.2) is 0 Å². The minimum absolute atomic E-state index is 0.231. The maximum absolute atomic E-state index is 11.3. The second-order valence-corrected chi connectivity index (χ2v) is 4.22. The van der Waals surface area contributed by atoms with Crippen LogP contribution in [0.1, 0.15) is 16.8 Å². The third-order valence-corrected chi connectivity index (χ3v) is 2.94. The minimum atomic E-state index is -0.974. The lowest BCUT2D eigenvalue weighted by Crippen LogP contribution is -2.20. The first-order valence-electron chi connectivity index (χ1n) is 6.26. The first-order valence-corrected chi connectivity index (χ1v) is 6.26. The van der Waals surface area contributed by atoms with E-state index in [0.29, 0.717) is 18.7 Å². The highest BCUT2D eigenvalue weighted by atomic mass is 16.4. The highest BCUT2D eigenvalue weighted by molar-refractivity contribution is 5.95. The highest BCUT2D eigenvalue weighted by Gasteiger charge is 2.16. The average Bonchev–Trinajstić information content (AvgIpc) is 2.49. The molecular weight excluding hydrogens is 252 g/mol. The summed E-state index contributed by atoms with van der Waals surface area (Å²) in [6.07, 6.45) is 0.322. The van der Waals surface area contributed by atoms with E-state index >= 15 is 0 Å². The highest BCUT2D eigenvalue weighted by Crippen LogP contribution is 2.28. The lowest BCUT2D eigenvalue weighted by molar-refractivity contribution is 0.0697. The fourth-order valence-corrected chi connectivity index (χ4v) is 2.05. The Labute approximate surface area is 117 Å². The number of carbonyl (C=O) groups is 1. The zero-order valence-electron chi connectivity index (χ0n) is 10.9. The minimum Gasteiger partial charge on any atom is -0.478 e. The lowest BCUT2D eigenvalue weighted by Gasteiger charge is -2.25. The number of carboxylic acids is 1. The Bertz CT molecular complexity index is 632. The van der Waals surface area contributed by atoms with Crippen molar-refractivity contribution in [2.24, 2.45) is 0 Å². The molecule has 4 nitrogen and oxygen atoms in total. The zero-order valence-corrected chi connectivity index (χ0v) is 10.9. The summed E-state index contributed by atoms with van der Waals surface area (Å²) in [7, 11) is 0. The molecule has 100 valence electrons. The molecule has 0 heterocycles. The van der Waals surface area contributed by atoms with Gasteiger partial charge in [0.05, 0.1) is 23.7 Å². The fourth-order valence-electron chi connectivity index (χ4n) is 2.05. The van der Waals surface area contributed by atoms with Crippen LogP contribution in [0.2, 0.25) is 0 Å². The summed E-state index contributed by atoms with van der Waals surface area (Å²) < 4.78 is 0. The van der Waals surface area contributed by atoms with E-state index in [2.05, 4.69) is 6.07 Å². The zero-order chi connectivity index (χ0) is 14.4. The molecule has 0 fully saturated rings. The van der Waals surface area contributed by atoms with Crippen molar-refractivity contribution >= 4 is 17.3 Å². The molecule has 0 aliphatic heterocycles. The van der Waals surface area contributed by atoms with Crippen molar-refractivity contribution < 1.29 is 9.90 Å². The van der Waals surface area contributed by atoms with Gasteiger partial charge >= 0.3 is 5.97 Å². The molecule has 0 radical (unpaired) electrons. The summed E-state index contributed by atoms with van der Waals surface area (Å²) in [4.78, 5) is 13.2. The first kappa shape index (κ1) is 13.6. The van der Waals surface area contributed by atoms with Gasteiger partial charge in [-0.2, -0.15) is 5.26 Å². The quantitative estimate of drug-likeness (QED) is 0.900. The molecule has 20 heavy (non-hydrogen) atoms. The van der Waals surface area contributed by atoms with E-state index in [1.165, 1.54) is 0 Å². The Morgan fingerprint density at radius 1 is 1.10 bits per heavy atom. The molecule has 0 aliphatic carbocycles. The number of anilines is 2. The van der Waals surface area contributed by atoms with Gasteiger partial charge in [-0.15, -0.1) is 0 Å². The van der Waals surface area contributed by atoms with Crippen LogP contribution in [0, 0.1) is 11.3 Å². The van der Waals surface area contributed by atoms with Crippen LogP contribution < -0.4 is 4.90 Å². The van der Waals surface area contributed by atoms with Crippen molar-refractivity contribution in [3.05, 3.63) is 60.2 Å². The molecule has 0 saturated heterocycles. The van der Waals surface area contributed by atoms with Crippen LogP contribution in [0.15, 0.2) is 54.6 Å². The second kappa shape index (κ2) is 6.39. The maximum atomic E-state index is 11.3. The van der Waals surface area contributed by atoms with E-state index in [9.17, 15) is 9.90 Å². The number of para-hydroxylation sites is 2. The van der Waals surface area contributed by atoms with Crippen LogP contribution in [0.25, 0.3) is 0 Å². The van der Waals surface area contributed by atoms with E-state index < -0.39 is 5.97 Å². The summed E-state index contributed by atoms with van der Waals surface area (Å²) in [5.74, 6) is -0.974. The van der Waals surface area contributed by atoms with Crippen molar-refractivity contribution in [3.63, 3.8) is 0 Å². The van der Waals surface area contributed by atoms with Crippen molar-refractivity contribution in [2.45, 2.75) is 6.42 Å². The maximum Gasteiger partial charge on any atom is 0.337 e. The van der Waals surface area contributed by atoms with Gasteiger partial charge in [-0.3, -0.25) is 0 Å². The Morgan fingerprint density at radius 3 is 2.40 bits per heavy atom. The predicted molar refractivity (Wildman–Crippen MR) is 77.1 cm³/mol. The molecule has 0 aliphatic rings. The molecule has 0 atom stereocenters. The molecule has 0 spiro atoms. The smallest absolute Gasteiger partial charge is 0.337 e. The van der Waals surface area contributed by atoms with Crippen LogP contribution in [-0.2, 0) is 0 Å². The summed E-state index contributed by atoms with van der Waals surface area (Å²) >= 11 is 0. The van der Waals surface area contributed by atoms with Gasteiger partial charge < -0.3 is 10.0 Å². The third-order valence-electron chi connectivity index (χ3n) is 2.94. The van der Waals surface area contributed by atoms with Crippen LogP contribution >= 0.6 is 0 Å². The van der Waals surface area contributed by atoms with Crippen molar-refractivity contribution in [1.29, 1.82) is 5.26 Å². The lowest BCUT2D eigenvalue weighted by atomic mass is 10.1. The molecule has 2 aromatic rings. The van der Waals surface area contributed by atoms with Gasteiger partial charge in [-0.25, -0.2) is 4.79 Å². The molecule has 0 bridgehead atoms. The van der Waals surface area contributed by atoms with Gasteiger partial charge in [-0.05, 0) is 24.3 Å². The van der Waals surface area contributed by atoms with E-state index in [0.717, 1.165) is 5.69 Å². The van der Waals surface area contributed by atoms with Crippen molar-refractivity contribution in [2.75, 3.05) is 11.4 Å². The second-order valence-electron chi connectivity index (χ2n) is 4.22. The summed E-state index contributed by atoms with van der Waals surface area (Å²) in [6, 6.07) is 18.4. The normalized spacial score (nSPS) is 9.75. The molecule has 2 aromatic carbocycles. The number of hydrogen-bond acceptors (Lipinski definition) is 3. The summed E-state index contributed by atoms with van der Waals surface area (Å²) in [6.45, 7) is 0.449. The molecular formula is C16H14N2O2. The Hall–Kier alpha value is -2.80. The van der Waals surface area contributed by atoms with Gasteiger partial charge in [-0.1, -0.05) is 30.3 Å². The standard InChI is InChI=1S/C16H14N2O2/c17-11-6-12-18(13-7-2-1-3-8-13)15-10-5-4-9-14(15)16(19)20/h1-5,7-10H,6,12H2,(H,19,20). The Balaban J connectivity index is 2.47. The third kappa shape index (κ3) is 2.96. The first-order chi connectivity index (χ1) is 9.74. The van der Waals surface area contributed by atoms with Gasteiger partial charge in [0, 0.05) is 12.2 Å². The molecule has 1 N–H and O–H groups in total. The average molecular weight is 266 g/mol. The largest absolute Gasteiger partial charge is 0.478 e. The molecule has 0 unspecified atom stereocenters. The van der Waals surface area contributed by atoms with E-state index in [1.807, 2.05) is 35.2 Å². The molecule has 4 heteroatoms. The number of nitrogens with zero attached hydrogens (tertiary/aromatic N) is 2. The van der Waals surface area contributed by atoms with Crippen molar-refractivity contribution in [1.82, 2.24) is 0 Å². The SMILES string of the molecule is N#CCCN(c1ccccc1)c1ccccc1C(=O)O. The monoisotopic (exact) mass is 266 g/mol. The fraction of sp³-hybridized carbons (Fsp3) is 0.125. The summed E-state index contributed by atoms with van der Waals surface area (Å²) in [5, 5.41) is 18.1. The topological polar surface area (TPSA) is 64.3 Å². The Morgan fingerprint density at radius 2 is 1.75 bits per heavy atom. The molecule has 2 rings (SSSR count). The number of hydrogen-bond donors (Lipinski definition) is 1. The number of nitriles is 1. The van der Waals surface area contributed by atoms with Gasteiger partial charge in [0.1, 0.15) is 0 Å². The molecule has 0 aromatic heterocycles. The van der Waals surface area contributed by atoms with Crippen molar-refractivity contribution in [3.8, 4) is 6.07 Å². The number of carboxylic acid groups (broad SMARTS) is 1. The summed E-state index contributed by atoms with van der Waals surface area (Å²) in [5.41, 5.74) is 1.70. The van der Waals surface area contributed by atoms with E-state index in [-0.39, 0.29) is 5.56 Å². The molecule has 0 saturated carbocycles. The van der Waals surface area contributed by atoms with Crippen LogP contribution in [0.3, 0.4) is 0 Å². The van der Waals surface area contributed by atoms with Crippen LogP contribution in [-0.4, -0.2) is 17.6 Å². The van der Waals surface area contributed by atoms with E-state index in [1.54, 1.807) is 24.3 Å². The number of rotatable bonds is 5. The van der Waals surface area contributed by atoms with Gasteiger partial charge in [0.25, 0.3) is 0 Å². The van der Waals surface area contributed by atoms with Gasteiger partial charge in [0.2, 0.25) is 0 Å². The Kier molecular flexibility index (Phi) is 4.35.